The second-order valence-corrected chi connectivity index (χ2v) is 7.45. The molecule has 1 fully saturated rings. The van der Waals surface area contributed by atoms with E-state index < -0.39 is 17.8 Å². The number of esters is 1. The van der Waals surface area contributed by atoms with Crippen molar-refractivity contribution in [2.45, 2.75) is 76.7 Å². The summed E-state index contributed by atoms with van der Waals surface area (Å²) in [7, 11) is 1.31. The molecule has 1 aliphatic rings. The van der Waals surface area contributed by atoms with Crippen molar-refractivity contribution in [3.05, 3.63) is 29.8 Å². The van der Waals surface area contributed by atoms with Crippen molar-refractivity contribution < 1.29 is 19.1 Å². The average molecular weight is 389 g/mol. The quantitative estimate of drug-likeness (QED) is 0.600. The Morgan fingerprint density at radius 2 is 1.29 bits per heavy atom. The number of ether oxygens (including phenoxy) is 1. The van der Waals surface area contributed by atoms with Crippen LogP contribution in [0.5, 0.6) is 0 Å². The number of amides is 2. The van der Waals surface area contributed by atoms with Crippen LogP contribution in [0.25, 0.3) is 0 Å². The van der Waals surface area contributed by atoms with E-state index in [1.807, 2.05) is 0 Å². The zero-order chi connectivity index (χ0) is 20.2. The van der Waals surface area contributed by atoms with Gasteiger partial charge in [-0.1, -0.05) is 57.8 Å². The van der Waals surface area contributed by atoms with E-state index in [1.54, 1.807) is 24.3 Å². The molecule has 0 atom stereocenters. The third-order valence-electron chi connectivity index (χ3n) is 5.21. The molecule has 28 heavy (non-hydrogen) atoms. The highest BCUT2D eigenvalue weighted by atomic mass is 16.5. The summed E-state index contributed by atoms with van der Waals surface area (Å²) in [5, 5.41) is 5.49. The van der Waals surface area contributed by atoms with Gasteiger partial charge in [0.2, 0.25) is 0 Å². The standard InChI is InChI=1S/C22H32N2O4/c1-28-22(27)17-13-15-19(16-14-17)24-21(26)20(25)23-18-11-9-7-5-3-2-4-6-8-10-12-18/h13-16,18H,2-12H2,1H3,(H,23,25)(H,24,26). The SMILES string of the molecule is COC(=O)c1ccc(NC(=O)C(=O)NC2CCCCCCCCCCC2)cc1. The highest BCUT2D eigenvalue weighted by Crippen LogP contribution is 2.17. The summed E-state index contributed by atoms with van der Waals surface area (Å²) in [6.07, 6.45) is 12.8. The van der Waals surface area contributed by atoms with Gasteiger partial charge >= 0.3 is 17.8 Å². The molecule has 0 radical (unpaired) electrons. The fourth-order valence-electron chi connectivity index (χ4n) is 3.55. The van der Waals surface area contributed by atoms with E-state index in [2.05, 4.69) is 15.4 Å². The van der Waals surface area contributed by atoms with E-state index in [0.717, 1.165) is 25.7 Å². The Morgan fingerprint density at radius 1 is 0.786 bits per heavy atom. The zero-order valence-corrected chi connectivity index (χ0v) is 16.8. The molecule has 0 aliphatic heterocycles. The number of methoxy groups -OCH3 is 1. The number of hydrogen-bond donors (Lipinski definition) is 2. The van der Waals surface area contributed by atoms with Gasteiger partial charge in [0.15, 0.2) is 0 Å². The van der Waals surface area contributed by atoms with Gasteiger partial charge in [-0.2, -0.15) is 0 Å². The highest BCUT2D eigenvalue weighted by molar-refractivity contribution is 6.39. The van der Waals surface area contributed by atoms with Gasteiger partial charge in [-0.05, 0) is 37.1 Å². The van der Waals surface area contributed by atoms with Crippen molar-refractivity contribution in [3.8, 4) is 0 Å². The normalized spacial score (nSPS) is 16.9. The third-order valence-corrected chi connectivity index (χ3v) is 5.21. The first-order chi connectivity index (χ1) is 13.6. The lowest BCUT2D eigenvalue weighted by molar-refractivity contribution is -0.136. The highest BCUT2D eigenvalue weighted by Gasteiger charge is 2.19. The molecule has 1 saturated carbocycles. The number of hydrogen-bond acceptors (Lipinski definition) is 4. The Balaban J connectivity index is 1.84. The predicted molar refractivity (Wildman–Crippen MR) is 109 cm³/mol. The number of anilines is 1. The van der Waals surface area contributed by atoms with Gasteiger partial charge in [0.1, 0.15) is 0 Å². The predicted octanol–water partition coefficient (Wildman–Crippen LogP) is 4.20. The summed E-state index contributed by atoms with van der Waals surface area (Å²) in [5.41, 5.74) is 0.852. The van der Waals surface area contributed by atoms with Crippen molar-refractivity contribution in [1.82, 2.24) is 5.32 Å². The summed E-state index contributed by atoms with van der Waals surface area (Å²) in [6.45, 7) is 0. The molecule has 0 bridgehead atoms. The van der Waals surface area contributed by atoms with E-state index >= 15 is 0 Å². The van der Waals surface area contributed by atoms with Crippen molar-refractivity contribution >= 4 is 23.5 Å². The van der Waals surface area contributed by atoms with Crippen molar-refractivity contribution in [2.75, 3.05) is 12.4 Å². The van der Waals surface area contributed by atoms with Crippen LogP contribution in [0.3, 0.4) is 0 Å². The molecule has 6 heteroatoms. The van der Waals surface area contributed by atoms with Crippen LogP contribution in [-0.4, -0.2) is 30.9 Å². The van der Waals surface area contributed by atoms with Crippen LogP contribution < -0.4 is 10.6 Å². The van der Waals surface area contributed by atoms with Gasteiger partial charge in [0, 0.05) is 11.7 Å². The monoisotopic (exact) mass is 388 g/mol. The van der Waals surface area contributed by atoms with Gasteiger partial charge in [-0.25, -0.2) is 4.79 Å². The molecule has 2 amide bonds. The summed E-state index contributed by atoms with van der Waals surface area (Å²) in [6, 6.07) is 6.30. The maximum Gasteiger partial charge on any atom is 0.337 e. The largest absolute Gasteiger partial charge is 0.465 e. The molecular formula is C22H32N2O4. The van der Waals surface area contributed by atoms with Crippen LogP contribution in [0.15, 0.2) is 24.3 Å². The minimum absolute atomic E-state index is 0.0550. The summed E-state index contributed by atoms with van der Waals surface area (Å²) < 4.78 is 4.64. The number of benzene rings is 1. The summed E-state index contributed by atoms with van der Waals surface area (Å²) in [4.78, 5) is 36.0. The third kappa shape index (κ3) is 7.71. The zero-order valence-electron chi connectivity index (χ0n) is 16.8. The van der Waals surface area contributed by atoms with Crippen LogP contribution in [0.2, 0.25) is 0 Å². The Kier molecular flexibility index (Phi) is 9.52. The minimum Gasteiger partial charge on any atom is -0.465 e. The Hall–Kier alpha value is -2.37. The first-order valence-corrected chi connectivity index (χ1v) is 10.4. The average Bonchev–Trinajstić information content (AvgIpc) is 2.70. The van der Waals surface area contributed by atoms with E-state index in [9.17, 15) is 14.4 Å². The second-order valence-electron chi connectivity index (χ2n) is 7.45. The van der Waals surface area contributed by atoms with Gasteiger partial charge < -0.3 is 15.4 Å². The number of rotatable bonds is 3. The van der Waals surface area contributed by atoms with Crippen molar-refractivity contribution in [2.24, 2.45) is 0 Å². The molecule has 1 aromatic carbocycles. The van der Waals surface area contributed by atoms with Crippen LogP contribution in [-0.2, 0) is 14.3 Å². The Bertz CT molecular complexity index is 630. The molecule has 1 aliphatic carbocycles. The van der Waals surface area contributed by atoms with Crippen LogP contribution in [0, 0.1) is 0 Å². The van der Waals surface area contributed by atoms with Crippen molar-refractivity contribution in [3.63, 3.8) is 0 Å². The lowest BCUT2D eigenvalue weighted by atomic mass is 9.98. The Morgan fingerprint density at radius 3 is 1.79 bits per heavy atom. The lowest BCUT2D eigenvalue weighted by Gasteiger charge is -2.19. The lowest BCUT2D eigenvalue weighted by Crippen LogP contribution is -2.41. The van der Waals surface area contributed by atoms with Gasteiger partial charge in [-0.3, -0.25) is 9.59 Å². The molecule has 0 spiro atoms. The maximum atomic E-state index is 12.3. The van der Waals surface area contributed by atoms with E-state index in [0.29, 0.717) is 11.3 Å². The molecule has 0 saturated heterocycles. The molecule has 154 valence electrons. The topological polar surface area (TPSA) is 84.5 Å². The molecule has 0 unspecified atom stereocenters. The van der Waals surface area contributed by atoms with E-state index in [1.165, 1.54) is 52.1 Å². The summed E-state index contributed by atoms with van der Waals surface area (Å²) >= 11 is 0. The van der Waals surface area contributed by atoms with Crippen LogP contribution in [0.1, 0.15) is 81.0 Å². The van der Waals surface area contributed by atoms with Crippen LogP contribution in [0.4, 0.5) is 5.69 Å². The molecule has 0 heterocycles. The van der Waals surface area contributed by atoms with Gasteiger partial charge in [0.05, 0.1) is 12.7 Å². The minimum atomic E-state index is -0.683. The van der Waals surface area contributed by atoms with Gasteiger partial charge in [-0.15, -0.1) is 0 Å². The number of nitrogens with one attached hydrogen (secondary N) is 2. The number of carbonyl (C=O) groups excluding carboxylic acids is 3. The smallest absolute Gasteiger partial charge is 0.337 e. The number of carbonyl (C=O) groups is 3. The molecular weight excluding hydrogens is 356 g/mol. The van der Waals surface area contributed by atoms with E-state index in [4.69, 9.17) is 0 Å². The second kappa shape index (κ2) is 12.2. The molecule has 0 aromatic heterocycles. The first-order valence-electron chi connectivity index (χ1n) is 10.4. The fraction of sp³-hybridized carbons (Fsp3) is 0.591. The van der Waals surface area contributed by atoms with Gasteiger partial charge in [0.25, 0.3) is 0 Å². The van der Waals surface area contributed by atoms with Crippen molar-refractivity contribution in [1.29, 1.82) is 0 Å². The maximum absolute atomic E-state index is 12.3. The fourth-order valence-corrected chi connectivity index (χ4v) is 3.55. The molecule has 2 N–H and O–H groups in total. The van der Waals surface area contributed by atoms with Crippen LogP contribution >= 0.6 is 0 Å². The molecule has 1 aromatic rings. The van der Waals surface area contributed by atoms with E-state index in [-0.39, 0.29) is 6.04 Å². The Labute approximate surface area is 167 Å². The molecule has 2 rings (SSSR count). The first kappa shape index (κ1) is 21.9. The summed E-state index contributed by atoms with van der Waals surface area (Å²) in [5.74, 6) is -1.73. The molecule has 6 nitrogen and oxygen atoms in total.